The fourth-order valence-electron chi connectivity index (χ4n) is 0.669. The monoisotopic (exact) mass is 210 g/mol. The van der Waals surface area contributed by atoms with Crippen molar-refractivity contribution in [1.29, 1.82) is 0 Å². The van der Waals surface area contributed by atoms with Crippen molar-refractivity contribution in [3.63, 3.8) is 0 Å². The van der Waals surface area contributed by atoms with Gasteiger partial charge in [-0.1, -0.05) is 4.49 Å². The molecule has 0 aliphatic heterocycles. The number of halogens is 3. The Morgan fingerprint density at radius 1 is 1.54 bits per heavy atom. The fraction of sp³-hybridized carbons (Fsp3) is 0.500. The summed E-state index contributed by atoms with van der Waals surface area (Å²) in [5, 5.41) is 3.35. The molecule has 13 heavy (non-hydrogen) atoms. The second kappa shape index (κ2) is 3.82. The maximum absolute atomic E-state index is 11.7. The standard InChI is InChI=1S/C6H5F3N2OS/c7-6(8,9)2-1-4(12)5-3-10-11-13-5/h3H,1-2H2. The molecule has 0 aliphatic rings. The Balaban J connectivity index is 2.44. The second-order valence-electron chi connectivity index (χ2n) is 2.32. The van der Waals surface area contributed by atoms with E-state index in [1.54, 1.807) is 0 Å². The molecule has 0 radical (unpaired) electrons. The summed E-state index contributed by atoms with van der Waals surface area (Å²) in [4.78, 5) is 11.2. The predicted octanol–water partition coefficient (Wildman–Crippen LogP) is 2.06. The molecule has 72 valence electrons. The van der Waals surface area contributed by atoms with Crippen molar-refractivity contribution in [2.45, 2.75) is 19.0 Å². The smallest absolute Gasteiger partial charge is 0.293 e. The number of rotatable bonds is 3. The summed E-state index contributed by atoms with van der Waals surface area (Å²) in [6.45, 7) is 0. The van der Waals surface area contributed by atoms with Gasteiger partial charge in [-0.05, 0) is 11.5 Å². The molecule has 0 spiro atoms. The predicted molar refractivity (Wildman–Crippen MR) is 39.5 cm³/mol. The van der Waals surface area contributed by atoms with Crippen LogP contribution in [0.25, 0.3) is 0 Å². The third-order valence-electron chi connectivity index (χ3n) is 1.27. The van der Waals surface area contributed by atoms with Gasteiger partial charge < -0.3 is 0 Å². The largest absolute Gasteiger partial charge is 0.389 e. The highest BCUT2D eigenvalue weighted by Gasteiger charge is 2.28. The van der Waals surface area contributed by atoms with Gasteiger partial charge in [0.05, 0.1) is 12.6 Å². The van der Waals surface area contributed by atoms with Crippen LogP contribution in [0.2, 0.25) is 0 Å². The summed E-state index contributed by atoms with van der Waals surface area (Å²) in [6, 6.07) is 0. The molecule has 1 aromatic heterocycles. The number of nitrogens with zero attached hydrogens (tertiary/aromatic N) is 2. The van der Waals surface area contributed by atoms with Crippen molar-refractivity contribution in [3.8, 4) is 0 Å². The molecule has 0 bridgehead atoms. The topological polar surface area (TPSA) is 42.9 Å². The summed E-state index contributed by atoms with van der Waals surface area (Å²) in [5.41, 5.74) is 0. The Hall–Kier alpha value is -0.980. The summed E-state index contributed by atoms with van der Waals surface area (Å²) in [6.07, 6.45) is -4.74. The molecule has 0 N–H and O–H groups in total. The number of carbonyl (C=O) groups is 1. The fourth-order valence-corrected chi connectivity index (χ4v) is 1.15. The van der Waals surface area contributed by atoms with Crippen molar-refractivity contribution in [1.82, 2.24) is 9.59 Å². The molecule has 1 rings (SSSR count). The molecule has 1 aromatic rings. The molecule has 0 aliphatic carbocycles. The van der Waals surface area contributed by atoms with E-state index in [-0.39, 0.29) is 4.88 Å². The number of aromatic nitrogens is 2. The molecule has 0 saturated heterocycles. The average molecular weight is 210 g/mol. The minimum atomic E-state index is -4.28. The van der Waals surface area contributed by atoms with Crippen molar-refractivity contribution >= 4 is 17.3 Å². The Morgan fingerprint density at radius 2 is 2.23 bits per heavy atom. The van der Waals surface area contributed by atoms with Gasteiger partial charge >= 0.3 is 6.18 Å². The van der Waals surface area contributed by atoms with E-state index in [0.29, 0.717) is 0 Å². The van der Waals surface area contributed by atoms with Crippen LogP contribution in [0.3, 0.4) is 0 Å². The summed E-state index contributed by atoms with van der Waals surface area (Å²) < 4.78 is 38.4. The van der Waals surface area contributed by atoms with Gasteiger partial charge in [0.25, 0.3) is 0 Å². The Kier molecular flexibility index (Phi) is 2.97. The van der Waals surface area contributed by atoms with Gasteiger partial charge in [0, 0.05) is 6.42 Å². The first-order valence-corrected chi connectivity index (χ1v) is 4.14. The number of alkyl halides is 3. The molecule has 1 heterocycles. The molecule has 0 fully saturated rings. The normalized spacial score (nSPS) is 11.6. The van der Waals surface area contributed by atoms with Crippen LogP contribution in [-0.2, 0) is 0 Å². The van der Waals surface area contributed by atoms with Gasteiger partial charge in [-0.2, -0.15) is 13.2 Å². The van der Waals surface area contributed by atoms with Gasteiger partial charge in [-0.3, -0.25) is 4.79 Å². The molecule has 0 aromatic carbocycles. The maximum atomic E-state index is 11.7. The van der Waals surface area contributed by atoms with E-state index in [1.165, 1.54) is 6.20 Å². The van der Waals surface area contributed by atoms with Crippen molar-refractivity contribution in [2.75, 3.05) is 0 Å². The van der Waals surface area contributed by atoms with Crippen LogP contribution in [-0.4, -0.2) is 21.5 Å². The van der Waals surface area contributed by atoms with E-state index < -0.39 is 24.8 Å². The maximum Gasteiger partial charge on any atom is 0.389 e. The summed E-state index contributed by atoms with van der Waals surface area (Å²) in [7, 11) is 0. The number of hydrogen-bond donors (Lipinski definition) is 0. The van der Waals surface area contributed by atoms with E-state index in [2.05, 4.69) is 9.59 Å². The summed E-state index contributed by atoms with van der Waals surface area (Å²) >= 11 is 0.804. The third-order valence-corrected chi connectivity index (χ3v) is 1.98. The van der Waals surface area contributed by atoms with E-state index in [0.717, 1.165) is 11.5 Å². The molecule has 0 unspecified atom stereocenters. The first kappa shape index (κ1) is 10.1. The highest BCUT2D eigenvalue weighted by Crippen LogP contribution is 2.22. The average Bonchev–Trinajstić information content (AvgIpc) is 2.50. The van der Waals surface area contributed by atoms with Gasteiger partial charge in [-0.25, -0.2) is 0 Å². The molecule has 0 atom stereocenters. The Bertz CT molecular complexity index is 283. The van der Waals surface area contributed by atoms with Crippen molar-refractivity contribution in [2.24, 2.45) is 0 Å². The van der Waals surface area contributed by atoms with Gasteiger partial charge in [0.2, 0.25) is 0 Å². The van der Waals surface area contributed by atoms with Crippen molar-refractivity contribution in [3.05, 3.63) is 11.1 Å². The SMILES string of the molecule is O=C(CCC(F)(F)F)c1cnns1. The third kappa shape index (κ3) is 3.49. The van der Waals surface area contributed by atoms with Crippen LogP contribution in [0.5, 0.6) is 0 Å². The molecular formula is C6H5F3N2OS. The lowest BCUT2D eigenvalue weighted by atomic mass is 10.2. The van der Waals surface area contributed by atoms with Gasteiger partial charge in [-0.15, -0.1) is 5.10 Å². The number of carbonyl (C=O) groups excluding carboxylic acids is 1. The minimum absolute atomic E-state index is 0.171. The van der Waals surface area contributed by atoms with Crippen LogP contribution in [0.15, 0.2) is 6.20 Å². The molecule has 7 heteroatoms. The van der Waals surface area contributed by atoms with Crippen LogP contribution in [0.4, 0.5) is 13.2 Å². The highest BCUT2D eigenvalue weighted by molar-refractivity contribution is 7.07. The lowest BCUT2D eigenvalue weighted by Gasteiger charge is -2.02. The van der Waals surface area contributed by atoms with Gasteiger partial charge in [0.1, 0.15) is 4.88 Å². The minimum Gasteiger partial charge on any atom is -0.293 e. The second-order valence-corrected chi connectivity index (χ2v) is 3.11. The van der Waals surface area contributed by atoms with E-state index >= 15 is 0 Å². The Labute approximate surface area is 75.7 Å². The van der Waals surface area contributed by atoms with E-state index in [1.807, 2.05) is 0 Å². The molecule has 3 nitrogen and oxygen atoms in total. The van der Waals surface area contributed by atoms with Crippen molar-refractivity contribution < 1.29 is 18.0 Å². The first-order valence-electron chi connectivity index (χ1n) is 3.36. The zero-order chi connectivity index (χ0) is 9.90. The lowest BCUT2D eigenvalue weighted by molar-refractivity contribution is -0.133. The van der Waals surface area contributed by atoms with E-state index in [9.17, 15) is 18.0 Å². The summed E-state index contributed by atoms with van der Waals surface area (Å²) in [5.74, 6) is -0.563. The van der Waals surface area contributed by atoms with Crippen LogP contribution in [0.1, 0.15) is 22.5 Å². The number of ketones is 1. The molecule has 0 saturated carbocycles. The highest BCUT2D eigenvalue weighted by atomic mass is 32.1. The number of Topliss-reactive ketones (excluding diaryl/α,β-unsaturated/α-hetero) is 1. The zero-order valence-electron chi connectivity index (χ0n) is 6.34. The zero-order valence-corrected chi connectivity index (χ0v) is 7.15. The quantitative estimate of drug-likeness (QED) is 0.717. The number of hydrogen-bond acceptors (Lipinski definition) is 4. The van der Waals surface area contributed by atoms with Crippen LogP contribution < -0.4 is 0 Å². The lowest BCUT2D eigenvalue weighted by Crippen LogP contribution is -2.10. The molecular weight excluding hydrogens is 205 g/mol. The Morgan fingerprint density at radius 3 is 2.69 bits per heavy atom. The molecule has 0 amide bonds. The van der Waals surface area contributed by atoms with Crippen LogP contribution >= 0.6 is 11.5 Å². The van der Waals surface area contributed by atoms with Crippen LogP contribution in [0, 0.1) is 0 Å². The van der Waals surface area contributed by atoms with E-state index in [4.69, 9.17) is 0 Å². The van der Waals surface area contributed by atoms with Gasteiger partial charge in [0.15, 0.2) is 5.78 Å². The first-order chi connectivity index (χ1) is 5.99.